The van der Waals surface area contributed by atoms with Crippen LogP contribution in [0.2, 0.25) is 0 Å². The smallest absolute Gasteiger partial charge is 0.360 e. The SMILES string of the molecule is COC(=O)c1coc(CN(C(=O)c2cccc(Br)c2)C2CC2)n1. The van der Waals surface area contributed by atoms with Crippen LogP contribution in [0.3, 0.4) is 0 Å². The van der Waals surface area contributed by atoms with Crippen molar-refractivity contribution >= 4 is 27.8 Å². The Morgan fingerprint density at radius 1 is 1.43 bits per heavy atom. The predicted molar refractivity (Wildman–Crippen MR) is 84.9 cm³/mol. The van der Waals surface area contributed by atoms with Gasteiger partial charge in [0, 0.05) is 16.1 Å². The Labute approximate surface area is 141 Å². The highest BCUT2D eigenvalue weighted by atomic mass is 79.9. The van der Waals surface area contributed by atoms with Gasteiger partial charge >= 0.3 is 5.97 Å². The van der Waals surface area contributed by atoms with Gasteiger partial charge in [0.05, 0.1) is 13.7 Å². The minimum Gasteiger partial charge on any atom is -0.464 e. The molecule has 7 heteroatoms. The number of carbonyl (C=O) groups excluding carboxylic acids is 2. The molecular weight excluding hydrogens is 364 g/mol. The number of ether oxygens (including phenoxy) is 1. The lowest BCUT2D eigenvalue weighted by Crippen LogP contribution is -2.32. The van der Waals surface area contributed by atoms with Gasteiger partial charge in [-0.2, -0.15) is 0 Å². The summed E-state index contributed by atoms with van der Waals surface area (Å²) in [6.07, 6.45) is 3.17. The summed E-state index contributed by atoms with van der Waals surface area (Å²) in [7, 11) is 1.28. The summed E-state index contributed by atoms with van der Waals surface area (Å²) in [5.74, 6) is -0.316. The third-order valence-corrected chi connectivity index (χ3v) is 4.07. The second-order valence-electron chi connectivity index (χ2n) is 5.29. The van der Waals surface area contributed by atoms with E-state index in [1.807, 2.05) is 12.1 Å². The number of hydrogen-bond acceptors (Lipinski definition) is 5. The Hall–Kier alpha value is -2.15. The molecule has 120 valence electrons. The summed E-state index contributed by atoms with van der Waals surface area (Å²) >= 11 is 3.37. The second-order valence-corrected chi connectivity index (χ2v) is 6.21. The third kappa shape index (κ3) is 3.61. The maximum Gasteiger partial charge on any atom is 0.360 e. The van der Waals surface area contributed by atoms with Gasteiger partial charge in [-0.25, -0.2) is 9.78 Å². The molecule has 1 aliphatic carbocycles. The highest BCUT2D eigenvalue weighted by molar-refractivity contribution is 9.10. The van der Waals surface area contributed by atoms with E-state index in [1.54, 1.807) is 17.0 Å². The number of carbonyl (C=O) groups is 2. The first-order valence-corrected chi connectivity index (χ1v) is 7.97. The molecule has 1 aliphatic rings. The number of esters is 1. The molecule has 2 aromatic rings. The van der Waals surface area contributed by atoms with Crippen LogP contribution in [0.15, 0.2) is 39.4 Å². The van der Waals surface area contributed by atoms with Crippen molar-refractivity contribution in [2.24, 2.45) is 0 Å². The fourth-order valence-corrected chi connectivity index (χ4v) is 2.67. The van der Waals surface area contributed by atoms with E-state index < -0.39 is 5.97 Å². The van der Waals surface area contributed by atoms with Crippen LogP contribution >= 0.6 is 15.9 Å². The van der Waals surface area contributed by atoms with Crippen molar-refractivity contribution in [3.05, 3.63) is 52.1 Å². The highest BCUT2D eigenvalue weighted by Crippen LogP contribution is 2.30. The van der Waals surface area contributed by atoms with Crippen molar-refractivity contribution in [1.29, 1.82) is 0 Å². The molecule has 3 rings (SSSR count). The van der Waals surface area contributed by atoms with E-state index >= 15 is 0 Å². The maximum atomic E-state index is 12.7. The van der Waals surface area contributed by atoms with Gasteiger partial charge in [0.1, 0.15) is 6.26 Å². The van der Waals surface area contributed by atoms with Crippen molar-refractivity contribution in [2.45, 2.75) is 25.4 Å². The van der Waals surface area contributed by atoms with E-state index in [1.165, 1.54) is 13.4 Å². The number of hydrogen-bond donors (Lipinski definition) is 0. The molecule has 0 spiro atoms. The molecule has 0 saturated heterocycles. The molecule has 1 aromatic heterocycles. The Morgan fingerprint density at radius 3 is 2.87 bits per heavy atom. The number of amides is 1. The van der Waals surface area contributed by atoms with E-state index in [4.69, 9.17) is 4.42 Å². The molecule has 1 amide bonds. The molecule has 1 heterocycles. The van der Waals surface area contributed by atoms with E-state index in [-0.39, 0.29) is 24.2 Å². The Kier molecular flexibility index (Phi) is 4.47. The van der Waals surface area contributed by atoms with Crippen LogP contribution in [0.1, 0.15) is 39.6 Å². The average Bonchev–Trinajstić information content (AvgIpc) is 3.29. The highest BCUT2D eigenvalue weighted by Gasteiger charge is 2.34. The summed E-state index contributed by atoms with van der Waals surface area (Å²) in [4.78, 5) is 30.0. The monoisotopic (exact) mass is 378 g/mol. The van der Waals surface area contributed by atoms with Crippen molar-refractivity contribution in [2.75, 3.05) is 7.11 Å². The zero-order valence-electron chi connectivity index (χ0n) is 12.5. The second kappa shape index (κ2) is 6.54. The van der Waals surface area contributed by atoms with Crippen molar-refractivity contribution < 1.29 is 18.7 Å². The Bertz CT molecular complexity index is 739. The first-order valence-electron chi connectivity index (χ1n) is 7.17. The fourth-order valence-electron chi connectivity index (χ4n) is 2.27. The van der Waals surface area contributed by atoms with Crippen LogP contribution in [-0.2, 0) is 11.3 Å². The van der Waals surface area contributed by atoms with E-state index in [0.29, 0.717) is 11.5 Å². The summed E-state index contributed by atoms with van der Waals surface area (Å²) in [6.45, 7) is 0.229. The first-order chi connectivity index (χ1) is 11.1. The van der Waals surface area contributed by atoms with Gasteiger partial charge in [-0.05, 0) is 31.0 Å². The number of methoxy groups -OCH3 is 1. The normalized spacial score (nSPS) is 13.7. The maximum absolute atomic E-state index is 12.7. The molecule has 0 aliphatic heterocycles. The van der Waals surface area contributed by atoms with Gasteiger partial charge in [-0.15, -0.1) is 0 Å². The van der Waals surface area contributed by atoms with Crippen molar-refractivity contribution in [1.82, 2.24) is 9.88 Å². The molecule has 0 radical (unpaired) electrons. The van der Waals surface area contributed by atoms with Crippen LogP contribution in [0.25, 0.3) is 0 Å². The molecule has 0 N–H and O–H groups in total. The summed E-state index contributed by atoms with van der Waals surface area (Å²) in [5.41, 5.74) is 0.708. The topological polar surface area (TPSA) is 72.6 Å². The van der Waals surface area contributed by atoms with Gasteiger partial charge in [0.2, 0.25) is 5.89 Å². The van der Waals surface area contributed by atoms with Crippen LogP contribution in [0, 0.1) is 0 Å². The van der Waals surface area contributed by atoms with Crippen molar-refractivity contribution in [3.8, 4) is 0 Å². The summed E-state index contributed by atoms with van der Waals surface area (Å²) in [5, 5.41) is 0. The van der Waals surface area contributed by atoms with Gasteiger partial charge in [-0.3, -0.25) is 4.79 Å². The molecule has 1 aromatic carbocycles. The lowest BCUT2D eigenvalue weighted by molar-refractivity contribution is 0.0594. The predicted octanol–water partition coefficient (Wildman–Crippen LogP) is 3.03. The van der Waals surface area contributed by atoms with E-state index in [9.17, 15) is 9.59 Å². The van der Waals surface area contributed by atoms with Gasteiger partial charge < -0.3 is 14.1 Å². The molecular formula is C16H15BrN2O4. The van der Waals surface area contributed by atoms with E-state index in [2.05, 4.69) is 25.7 Å². The van der Waals surface area contributed by atoms with Crippen LogP contribution in [-0.4, -0.2) is 34.9 Å². The summed E-state index contributed by atoms with van der Waals surface area (Å²) in [6, 6.07) is 7.44. The zero-order chi connectivity index (χ0) is 16.4. The zero-order valence-corrected chi connectivity index (χ0v) is 14.1. The molecule has 1 fully saturated rings. The number of rotatable bonds is 5. The summed E-state index contributed by atoms with van der Waals surface area (Å²) < 4.78 is 10.7. The lowest BCUT2D eigenvalue weighted by atomic mass is 10.2. The Morgan fingerprint density at radius 2 is 2.22 bits per heavy atom. The van der Waals surface area contributed by atoms with Crippen LogP contribution in [0.5, 0.6) is 0 Å². The minimum absolute atomic E-state index is 0.0772. The quantitative estimate of drug-likeness (QED) is 0.747. The number of halogens is 1. The van der Waals surface area contributed by atoms with Crippen LogP contribution < -0.4 is 0 Å². The molecule has 0 atom stereocenters. The van der Waals surface area contributed by atoms with Gasteiger partial charge in [-0.1, -0.05) is 22.0 Å². The standard InChI is InChI=1S/C16H15BrN2O4/c1-22-16(21)13-9-23-14(18-13)8-19(12-5-6-12)15(20)10-3-2-4-11(17)7-10/h2-4,7,9,12H,5-6,8H2,1H3. The molecule has 23 heavy (non-hydrogen) atoms. The lowest BCUT2D eigenvalue weighted by Gasteiger charge is -2.20. The number of nitrogens with zero attached hydrogens (tertiary/aromatic N) is 2. The van der Waals surface area contributed by atoms with Gasteiger partial charge in [0.15, 0.2) is 5.69 Å². The molecule has 6 nitrogen and oxygen atoms in total. The molecule has 0 unspecified atom stereocenters. The average molecular weight is 379 g/mol. The number of aromatic nitrogens is 1. The van der Waals surface area contributed by atoms with Crippen LogP contribution in [0.4, 0.5) is 0 Å². The third-order valence-electron chi connectivity index (χ3n) is 3.57. The largest absolute Gasteiger partial charge is 0.464 e. The fraction of sp³-hybridized carbons (Fsp3) is 0.312. The van der Waals surface area contributed by atoms with Crippen molar-refractivity contribution in [3.63, 3.8) is 0 Å². The number of oxazole rings is 1. The number of benzene rings is 1. The minimum atomic E-state index is -0.559. The Balaban J connectivity index is 1.78. The molecule has 1 saturated carbocycles. The van der Waals surface area contributed by atoms with Gasteiger partial charge in [0.25, 0.3) is 5.91 Å². The molecule has 0 bridgehead atoms. The van der Waals surface area contributed by atoms with E-state index in [0.717, 1.165) is 17.3 Å². The first kappa shape index (κ1) is 15.7.